The maximum Gasteiger partial charge on any atom is 0.0776 e. The molecule has 1 rings (SSSR count). The number of halogens is 1. The molecule has 1 aromatic carbocycles. The second-order valence-corrected chi connectivity index (χ2v) is 4.68. The monoisotopic (exact) mass is 227 g/mol. The molecule has 0 bridgehead atoms. The van der Waals surface area contributed by atoms with Gasteiger partial charge in [0, 0.05) is 18.2 Å². The minimum atomic E-state index is -0.317. The van der Waals surface area contributed by atoms with Crippen molar-refractivity contribution in [1.82, 2.24) is 0 Å². The summed E-state index contributed by atoms with van der Waals surface area (Å²) in [6, 6.07) is 7.72. The molecule has 1 aromatic rings. The van der Waals surface area contributed by atoms with Crippen LogP contribution in [-0.2, 0) is 11.2 Å². The zero-order chi connectivity index (χ0) is 11.5. The fourth-order valence-electron chi connectivity index (χ4n) is 1.32. The zero-order valence-electron chi connectivity index (χ0n) is 9.46. The van der Waals surface area contributed by atoms with E-state index in [1.165, 1.54) is 0 Å². The summed E-state index contributed by atoms with van der Waals surface area (Å²) in [7, 11) is 1.68. The van der Waals surface area contributed by atoms with Gasteiger partial charge in [-0.25, -0.2) is 0 Å². The Balaban J connectivity index is 2.70. The van der Waals surface area contributed by atoms with Crippen molar-refractivity contribution in [2.45, 2.75) is 31.9 Å². The third-order valence-corrected chi connectivity index (χ3v) is 3.00. The van der Waals surface area contributed by atoms with Gasteiger partial charge in [-0.15, -0.1) is 0 Å². The van der Waals surface area contributed by atoms with Gasteiger partial charge >= 0.3 is 0 Å². The minimum Gasteiger partial charge on any atom is -0.377 e. The van der Waals surface area contributed by atoms with Gasteiger partial charge < -0.3 is 10.5 Å². The Kier molecular flexibility index (Phi) is 4.14. The maximum atomic E-state index is 6.08. The van der Waals surface area contributed by atoms with Gasteiger partial charge in [0.2, 0.25) is 0 Å². The third-order valence-electron chi connectivity index (χ3n) is 2.76. The lowest BCUT2D eigenvalue weighted by Gasteiger charge is -2.30. The van der Waals surface area contributed by atoms with Crippen LogP contribution in [-0.4, -0.2) is 18.8 Å². The Morgan fingerprint density at radius 1 is 1.47 bits per heavy atom. The maximum absolute atomic E-state index is 6.08. The quantitative estimate of drug-likeness (QED) is 0.859. The smallest absolute Gasteiger partial charge is 0.0776 e. The molecule has 0 aliphatic rings. The lowest BCUT2D eigenvalue weighted by molar-refractivity contribution is 0.000806. The van der Waals surface area contributed by atoms with Gasteiger partial charge in [0.15, 0.2) is 0 Å². The number of rotatable bonds is 4. The number of hydrogen-bond acceptors (Lipinski definition) is 2. The molecule has 2 N–H and O–H groups in total. The van der Waals surface area contributed by atoms with E-state index in [-0.39, 0.29) is 11.6 Å². The average Bonchev–Trinajstić information content (AvgIpc) is 2.17. The van der Waals surface area contributed by atoms with Crippen molar-refractivity contribution in [2.75, 3.05) is 7.11 Å². The first kappa shape index (κ1) is 12.5. The first-order valence-corrected chi connectivity index (χ1v) is 5.38. The van der Waals surface area contributed by atoms with Crippen molar-refractivity contribution in [2.24, 2.45) is 5.73 Å². The topological polar surface area (TPSA) is 35.2 Å². The minimum absolute atomic E-state index is 0.0408. The fraction of sp³-hybridized carbons (Fsp3) is 0.500. The molecule has 3 heteroatoms. The second kappa shape index (κ2) is 4.97. The van der Waals surface area contributed by atoms with E-state index in [0.29, 0.717) is 0 Å². The van der Waals surface area contributed by atoms with E-state index in [1.54, 1.807) is 7.11 Å². The van der Waals surface area contributed by atoms with Crippen LogP contribution in [0.15, 0.2) is 24.3 Å². The molecule has 0 fully saturated rings. The van der Waals surface area contributed by atoms with Crippen molar-refractivity contribution in [3.05, 3.63) is 34.9 Å². The van der Waals surface area contributed by atoms with E-state index in [0.717, 1.165) is 17.0 Å². The normalized spacial score (nSPS) is 13.9. The van der Waals surface area contributed by atoms with Gasteiger partial charge in [0.25, 0.3) is 0 Å². The van der Waals surface area contributed by atoms with Gasteiger partial charge in [0.1, 0.15) is 0 Å². The third kappa shape index (κ3) is 3.49. The molecule has 0 aliphatic carbocycles. The van der Waals surface area contributed by atoms with Crippen molar-refractivity contribution < 1.29 is 4.74 Å². The molecule has 15 heavy (non-hydrogen) atoms. The molecule has 0 aromatic heterocycles. The van der Waals surface area contributed by atoms with E-state index in [1.807, 2.05) is 38.1 Å². The summed E-state index contributed by atoms with van der Waals surface area (Å²) in [6.45, 7) is 3.98. The molecule has 0 radical (unpaired) electrons. The van der Waals surface area contributed by atoms with Gasteiger partial charge in [0.05, 0.1) is 5.60 Å². The first-order chi connectivity index (χ1) is 6.95. The Morgan fingerprint density at radius 3 is 2.67 bits per heavy atom. The van der Waals surface area contributed by atoms with Crippen molar-refractivity contribution in [3.8, 4) is 0 Å². The summed E-state index contributed by atoms with van der Waals surface area (Å²) in [5.74, 6) is 0. The van der Waals surface area contributed by atoms with E-state index in [9.17, 15) is 0 Å². The molecule has 0 heterocycles. The largest absolute Gasteiger partial charge is 0.377 e. The van der Waals surface area contributed by atoms with E-state index in [4.69, 9.17) is 22.1 Å². The molecule has 0 aliphatic heterocycles. The predicted molar refractivity (Wildman–Crippen MR) is 64.2 cm³/mol. The Bertz CT molecular complexity index is 325. The predicted octanol–water partition coefficient (Wildman–Crippen LogP) is 2.63. The van der Waals surface area contributed by atoms with Crippen LogP contribution in [0.2, 0.25) is 5.02 Å². The SMILES string of the molecule is COC(C)(C)C(N)Cc1cccc(Cl)c1. The van der Waals surface area contributed by atoms with Gasteiger partial charge in [-0.2, -0.15) is 0 Å². The summed E-state index contributed by atoms with van der Waals surface area (Å²) >= 11 is 5.90. The number of hydrogen-bond donors (Lipinski definition) is 1. The van der Waals surface area contributed by atoms with Crippen molar-refractivity contribution >= 4 is 11.6 Å². The Morgan fingerprint density at radius 2 is 2.13 bits per heavy atom. The molecule has 1 atom stereocenters. The molecule has 0 spiro atoms. The molecule has 1 unspecified atom stereocenters. The van der Waals surface area contributed by atoms with E-state index < -0.39 is 0 Å². The van der Waals surface area contributed by atoms with Crippen LogP contribution in [0, 0.1) is 0 Å². The summed E-state index contributed by atoms with van der Waals surface area (Å²) in [5, 5.41) is 0.745. The molecular formula is C12H18ClNO. The van der Waals surface area contributed by atoms with Crippen LogP contribution >= 0.6 is 11.6 Å². The first-order valence-electron chi connectivity index (χ1n) is 5.01. The van der Waals surface area contributed by atoms with Crippen LogP contribution in [0.1, 0.15) is 19.4 Å². The summed E-state index contributed by atoms with van der Waals surface area (Å²) in [5.41, 5.74) is 6.90. The van der Waals surface area contributed by atoms with Gasteiger partial charge in [-0.05, 0) is 38.0 Å². The zero-order valence-corrected chi connectivity index (χ0v) is 10.2. The number of benzene rings is 1. The molecule has 0 saturated heterocycles. The standard InChI is InChI=1S/C12H18ClNO/c1-12(2,15-3)11(14)8-9-5-4-6-10(13)7-9/h4-7,11H,8,14H2,1-3H3. The van der Waals surface area contributed by atoms with Crippen LogP contribution in [0.25, 0.3) is 0 Å². The summed E-state index contributed by atoms with van der Waals surface area (Å²) in [6.07, 6.45) is 0.765. The van der Waals surface area contributed by atoms with Crippen LogP contribution in [0.5, 0.6) is 0 Å². The average molecular weight is 228 g/mol. The fourth-order valence-corrected chi connectivity index (χ4v) is 1.53. The Labute approximate surface area is 96.4 Å². The molecule has 84 valence electrons. The summed E-state index contributed by atoms with van der Waals surface area (Å²) < 4.78 is 5.34. The second-order valence-electron chi connectivity index (χ2n) is 4.25. The van der Waals surface area contributed by atoms with E-state index >= 15 is 0 Å². The number of methoxy groups -OCH3 is 1. The highest BCUT2D eigenvalue weighted by Crippen LogP contribution is 2.18. The van der Waals surface area contributed by atoms with Crippen molar-refractivity contribution in [3.63, 3.8) is 0 Å². The molecule has 2 nitrogen and oxygen atoms in total. The van der Waals surface area contributed by atoms with Crippen LogP contribution in [0.3, 0.4) is 0 Å². The molecule has 0 saturated carbocycles. The van der Waals surface area contributed by atoms with Crippen LogP contribution in [0.4, 0.5) is 0 Å². The van der Waals surface area contributed by atoms with Gasteiger partial charge in [-0.3, -0.25) is 0 Å². The molecular weight excluding hydrogens is 210 g/mol. The highest BCUT2D eigenvalue weighted by molar-refractivity contribution is 6.30. The van der Waals surface area contributed by atoms with E-state index in [2.05, 4.69) is 0 Å². The number of ether oxygens (including phenoxy) is 1. The lowest BCUT2D eigenvalue weighted by atomic mass is 9.93. The Hall–Kier alpha value is -0.570. The lowest BCUT2D eigenvalue weighted by Crippen LogP contribution is -2.46. The van der Waals surface area contributed by atoms with Crippen LogP contribution < -0.4 is 5.73 Å². The van der Waals surface area contributed by atoms with Crippen molar-refractivity contribution in [1.29, 1.82) is 0 Å². The summed E-state index contributed by atoms with van der Waals surface area (Å²) in [4.78, 5) is 0. The number of nitrogens with two attached hydrogens (primary N) is 1. The molecule has 0 amide bonds. The highest BCUT2D eigenvalue weighted by atomic mass is 35.5. The highest BCUT2D eigenvalue weighted by Gasteiger charge is 2.25. The van der Waals surface area contributed by atoms with Gasteiger partial charge in [-0.1, -0.05) is 23.7 Å².